The molecular weight excluding hydrogens is 218 g/mol. The summed E-state index contributed by atoms with van der Waals surface area (Å²) in [5.74, 6) is 0.840. The molecular formula is C11H17N5O. The van der Waals surface area contributed by atoms with Crippen LogP contribution in [-0.2, 0) is 24.9 Å². The fourth-order valence-corrected chi connectivity index (χ4v) is 1.57. The second kappa shape index (κ2) is 5.49. The van der Waals surface area contributed by atoms with Crippen LogP contribution in [0.5, 0.6) is 0 Å². The minimum absolute atomic E-state index is 0.671. The summed E-state index contributed by atoms with van der Waals surface area (Å²) < 4.78 is 8.85. The quantitative estimate of drug-likeness (QED) is 0.807. The van der Waals surface area contributed by atoms with Crippen molar-refractivity contribution in [1.82, 2.24) is 19.3 Å². The second-order valence-electron chi connectivity index (χ2n) is 3.77. The van der Waals surface area contributed by atoms with Crippen LogP contribution in [0.25, 0.3) is 0 Å². The van der Waals surface area contributed by atoms with Gasteiger partial charge in [-0.2, -0.15) is 5.10 Å². The van der Waals surface area contributed by atoms with Crippen LogP contribution >= 0.6 is 0 Å². The number of nitrogens with one attached hydrogen (secondary N) is 1. The molecule has 0 radical (unpaired) electrons. The SMILES string of the molecule is COCCn1ccnc1NCc1ccn(C)n1. The van der Waals surface area contributed by atoms with Gasteiger partial charge in [0.1, 0.15) is 0 Å². The Balaban J connectivity index is 1.92. The molecule has 0 bridgehead atoms. The zero-order chi connectivity index (χ0) is 12.1. The van der Waals surface area contributed by atoms with Gasteiger partial charge in [0.05, 0.1) is 18.8 Å². The molecule has 0 spiro atoms. The average Bonchev–Trinajstić information content (AvgIpc) is 2.92. The van der Waals surface area contributed by atoms with E-state index in [-0.39, 0.29) is 0 Å². The molecule has 0 saturated carbocycles. The van der Waals surface area contributed by atoms with Gasteiger partial charge < -0.3 is 14.6 Å². The van der Waals surface area contributed by atoms with Crippen LogP contribution in [0, 0.1) is 0 Å². The molecule has 2 rings (SSSR count). The minimum Gasteiger partial charge on any atom is -0.383 e. The number of ether oxygens (including phenoxy) is 1. The molecule has 0 amide bonds. The van der Waals surface area contributed by atoms with Gasteiger partial charge in [0.25, 0.3) is 0 Å². The summed E-state index contributed by atoms with van der Waals surface area (Å²) >= 11 is 0. The van der Waals surface area contributed by atoms with E-state index >= 15 is 0 Å². The van der Waals surface area contributed by atoms with E-state index in [1.165, 1.54) is 0 Å². The van der Waals surface area contributed by atoms with Crippen molar-refractivity contribution in [2.75, 3.05) is 19.0 Å². The highest BCUT2D eigenvalue weighted by molar-refractivity contribution is 5.26. The van der Waals surface area contributed by atoms with Gasteiger partial charge in [-0.15, -0.1) is 0 Å². The van der Waals surface area contributed by atoms with Crippen molar-refractivity contribution >= 4 is 5.95 Å². The first kappa shape index (κ1) is 11.7. The van der Waals surface area contributed by atoms with Crippen LogP contribution in [0.4, 0.5) is 5.95 Å². The van der Waals surface area contributed by atoms with Gasteiger partial charge >= 0.3 is 0 Å². The van der Waals surface area contributed by atoms with Gasteiger partial charge in [-0.05, 0) is 6.07 Å². The zero-order valence-corrected chi connectivity index (χ0v) is 10.1. The largest absolute Gasteiger partial charge is 0.383 e. The predicted octanol–water partition coefficient (Wildman–Crippen LogP) is 0.875. The highest BCUT2D eigenvalue weighted by atomic mass is 16.5. The highest BCUT2D eigenvalue weighted by Crippen LogP contribution is 2.06. The van der Waals surface area contributed by atoms with E-state index in [0.29, 0.717) is 13.2 Å². The van der Waals surface area contributed by atoms with E-state index in [1.54, 1.807) is 18.0 Å². The fourth-order valence-electron chi connectivity index (χ4n) is 1.57. The second-order valence-corrected chi connectivity index (χ2v) is 3.77. The molecule has 2 aromatic rings. The number of rotatable bonds is 6. The highest BCUT2D eigenvalue weighted by Gasteiger charge is 2.03. The monoisotopic (exact) mass is 235 g/mol. The summed E-state index contributed by atoms with van der Waals surface area (Å²) in [4.78, 5) is 4.25. The molecule has 0 fully saturated rings. The third-order valence-electron chi connectivity index (χ3n) is 2.45. The van der Waals surface area contributed by atoms with Crippen molar-refractivity contribution in [3.05, 3.63) is 30.4 Å². The molecule has 0 aromatic carbocycles. The Labute approximate surface area is 100 Å². The van der Waals surface area contributed by atoms with E-state index in [0.717, 1.165) is 18.2 Å². The maximum atomic E-state index is 5.04. The summed E-state index contributed by atoms with van der Waals surface area (Å²) in [6, 6.07) is 1.98. The first-order valence-corrected chi connectivity index (χ1v) is 5.52. The number of aromatic nitrogens is 4. The fraction of sp³-hybridized carbons (Fsp3) is 0.455. The molecule has 17 heavy (non-hydrogen) atoms. The molecule has 0 unspecified atom stereocenters. The summed E-state index contributed by atoms with van der Waals surface area (Å²) in [5.41, 5.74) is 0.994. The topological polar surface area (TPSA) is 56.9 Å². The number of anilines is 1. The minimum atomic E-state index is 0.671. The molecule has 0 atom stereocenters. The number of methoxy groups -OCH3 is 1. The van der Waals surface area contributed by atoms with Gasteiger partial charge in [-0.25, -0.2) is 4.98 Å². The van der Waals surface area contributed by atoms with Gasteiger partial charge in [-0.1, -0.05) is 0 Å². The average molecular weight is 235 g/mol. The lowest BCUT2D eigenvalue weighted by Crippen LogP contribution is -2.10. The van der Waals surface area contributed by atoms with Crippen molar-refractivity contribution in [2.24, 2.45) is 7.05 Å². The van der Waals surface area contributed by atoms with E-state index in [1.807, 2.05) is 30.1 Å². The maximum absolute atomic E-state index is 5.04. The lowest BCUT2D eigenvalue weighted by atomic mass is 10.4. The lowest BCUT2D eigenvalue weighted by molar-refractivity contribution is 0.187. The van der Waals surface area contributed by atoms with E-state index in [9.17, 15) is 0 Å². The van der Waals surface area contributed by atoms with Gasteiger partial charge in [0.2, 0.25) is 5.95 Å². The summed E-state index contributed by atoms with van der Waals surface area (Å²) in [6.07, 6.45) is 5.63. The summed E-state index contributed by atoms with van der Waals surface area (Å²) in [5, 5.41) is 7.55. The molecule has 6 nitrogen and oxygen atoms in total. The standard InChI is InChI=1S/C11H17N5O/c1-15-5-3-10(14-15)9-13-11-12-4-6-16(11)7-8-17-2/h3-6H,7-9H2,1-2H3,(H,12,13). The van der Waals surface area contributed by atoms with Crippen molar-refractivity contribution in [3.8, 4) is 0 Å². The smallest absolute Gasteiger partial charge is 0.203 e. The van der Waals surface area contributed by atoms with Crippen molar-refractivity contribution in [2.45, 2.75) is 13.1 Å². The van der Waals surface area contributed by atoms with Crippen molar-refractivity contribution < 1.29 is 4.74 Å². The number of nitrogens with zero attached hydrogens (tertiary/aromatic N) is 4. The number of imidazole rings is 1. The first-order valence-electron chi connectivity index (χ1n) is 5.52. The number of hydrogen-bond donors (Lipinski definition) is 1. The number of aryl methyl sites for hydroxylation is 1. The van der Waals surface area contributed by atoms with E-state index in [2.05, 4.69) is 15.4 Å². The Bertz CT molecular complexity index is 462. The molecule has 2 aromatic heterocycles. The number of hydrogen-bond acceptors (Lipinski definition) is 4. The Hall–Kier alpha value is -1.82. The van der Waals surface area contributed by atoms with Crippen LogP contribution in [-0.4, -0.2) is 33.0 Å². The molecule has 2 heterocycles. The Morgan fingerprint density at radius 1 is 1.41 bits per heavy atom. The Kier molecular flexibility index (Phi) is 3.77. The first-order chi connectivity index (χ1) is 8.29. The van der Waals surface area contributed by atoms with Crippen LogP contribution < -0.4 is 5.32 Å². The molecule has 92 valence electrons. The van der Waals surface area contributed by atoms with E-state index < -0.39 is 0 Å². The lowest BCUT2D eigenvalue weighted by Gasteiger charge is -2.08. The molecule has 0 saturated heterocycles. The molecule has 0 aliphatic rings. The Morgan fingerprint density at radius 2 is 2.29 bits per heavy atom. The molecule has 1 N–H and O–H groups in total. The maximum Gasteiger partial charge on any atom is 0.203 e. The third kappa shape index (κ3) is 3.07. The van der Waals surface area contributed by atoms with Crippen LogP contribution in [0.2, 0.25) is 0 Å². The van der Waals surface area contributed by atoms with E-state index in [4.69, 9.17) is 4.74 Å². The van der Waals surface area contributed by atoms with Crippen LogP contribution in [0.1, 0.15) is 5.69 Å². The van der Waals surface area contributed by atoms with Crippen molar-refractivity contribution in [1.29, 1.82) is 0 Å². The summed E-state index contributed by atoms with van der Waals surface area (Å²) in [7, 11) is 3.60. The zero-order valence-electron chi connectivity index (χ0n) is 10.1. The van der Waals surface area contributed by atoms with Gasteiger partial charge in [0, 0.05) is 39.3 Å². The normalized spacial score (nSPS) is 10.7. The predicted molar refractivity (Wildman–Crippen MR) is 64.6 cm³/mol. The molecule has 0 aliphatic heterocycles. The van der Waals surface area contributed by atoms with Crippen molar-refractivity contribution in [3.63, 3.8) is 0 Å². The third-order valence-corrected chi connectivity index (χ3v) is 2.45. The van der Waals surface area contributed by atoms with Gasteiger partial charge in [-0.3, -0.25) is 4.68 Å². The molecule has 6 heteroatoms. The Morgan fingerprint density at radius 3 is 3.00 bits per heavy atom. The van der Waals surface area contributed by atoms with Crippen LogP contribution in [0.15, 0.2) is 24.7 Å². The van der Waals surface area contributed by atoms with Crippen LogP contribution in [0.3, 0.4) is 0 Å². The molecule has 0 aliphatic carbocycles. The van der Waals surface area contributed by atoms with Gasteiger partial charge in [0.15, 0.2) is 0 Å². The summed E-state index contributed by atoms with van der Waals surface area (Å²) in [6.45, 7) is 2.14.